The number of nitrogens with zero attached hydrogens (tertiary/aromatic N) is 6. The van der Waals surface area contributed by atoms with Gasteiger partial charge in [-0.2, -0.15) is 5.10 Å². The molecule has 1 saturated heterocycles. The largest absolute Gasteiger partial charge is 0.382 e. The van der Waals surface area contributed by atoms with Crippen molar-refractivity contribution >= 4 is 26.8 Å². The lowest BCUT2D eigenvalue weighted by molar-refractivity contribution is -0.0319. The van der Waals surface area contributed by atoms with Crippen LogP contribution in [0.1, 0.15) is 5.56 Å². The molecule has 10 heteroatoms. The molecule has 1 aliphatic rings. The fraction of sp³-hybridized carbons (Fsp3) is 0.360. The van der Waals surface area contributed by atoms with Crippen LogP contribution in [0.2, 0.25) is 0 Å². The second-order valence-corrected chi connectivity index (χ2v) is 9.99. The van der Waals surface area contributed by atoms with Crippen molar-refractivity contribution in [2.24, 2.45) is 0 Å². The Morgan fingerprint density at radius 1 is 0.943 bits per heavy atom. The molecule has 0 saturated carbocycles. The summed E-state index contributed by atoms with van der Waals surface area (Å²) in [7, 11) is 0. The summed E-state index contributed by atoms with van der Waals surface area (Å²) < 4.78 is 33.0. The Morgan fingerprint density at radius 3 is 2.49 bits per heavy atom. The van der Waals surface area contributed by atoms with E-state index in [1.54, 1.807) is 0 Å². The van der Waals surface area contributed by atoms with E-state index in [9.17, 15) is 13.9 Å². The van der Waals surface area contributed by atoms with E-state index >= 15 is 0 Å². The predicted molar refractivity (Wildman–Crippen MR) is 133 cm³/mol. The first-order valence-electron chi connectivity index (χ1n) is 11.6. The summed E-state index contributed by atoms with van der Waals surface area (Å²) >= 11 is 3.52. The smallest absolute Gasteiger partial charge is 0.137 e. The molecule has 1 N–H and O–H groups in total. The Labute approximate surface area is 210 Å². The lowest BCUT2D eigenvalue weighted by Gasteiger charge is -2.39. The highest BCUT2D eigenvalue weighted by atomic mass is 79.9. The lowest BCUT2D eigenvalue weighted by Crippen LogP contribution is -2.52. The van der Waals surface area contributed by atoms with E-state index < -0.39 is 17.2 Å². The van der Waals surface area contributed by atoms with Gasteiger partial charge in [-0.25, -0.2) is 18.4 Å². The average Bonchev–Trinajstić information content (AvgIpc) is 3.47. The van der Waals surface area contributed by atoms with Crippen molar-refractivity contribution in [3.05, 3.63) is 83.0 Å². The van der Waals surface area contributed by atoms with Crippen molar-refractivity contribution < 1.29 is 13.9 Å². The molecule has 5 rings (SSSR count). The molecule has 4 aromatic rings. The van der Waals surface area contributed by atoms with Crippen LogP contribution in [0.25, 0.3) is 10.9 Å². The number of hydrogen-bond donors (Lipinski definition) is 1. The molecule has 0 radical (unpaired) electrons. The van der Waals surface area contributed by atoms with Gasteiger partial charge >= 0.3 is 0 Å². The van der Waals surface area contributed by atoms with Crippen LogP contribution in [0.4, 0.5) is 8.78 Å². The van der Waals surface area contributed by atoms with Gasteiger partial charge in [0.05, 0.1) is 6.54 Å². The van der Waals surface area contributed by atoms with Gasteiger partial charge in [0.15, 0.2) is 0 Å². The first-order chi connectivity index (χ1) is 16.9. The number of halogens is 3. The van der Waals surface area contributed by atoms with Crippen LogP contribution in [-0.4, -0.2) is 73.5 Å². The first-order valence-corrected chi connectivity index (χ1v) is 12.4. The van der Waals surface area contributed by atoms with Gasteiger partial charge in [0, 0.05) is 79.0 Å². The summed E-state index contributed by atoms with van der Waals surface area (Å²) in [5.74, 6) is -1.44. The molecule has 35 heavy (non-hydrogen) atoms. The maximum atomic E-state index is 14.7. The van der Waals surface area contributed by atoms with Crippen LogP contribution in [0.5, 0.6) is 0 Å². The molecule has 0 unspecified atom stereocenters. The lowest BCUT2D eigenvalue weighted by atomic mass is 9.92. The van der Waals surface area contributed by atoms with Gasteiger partial charge in [0.25, 0.3) is 0 Å². The van der Waals surface area contributed by atoms with Crippen LogP contribution < -0.4 is 0 Å². The molecule has 2 aromatic heterocycles. The van der Waals surface area contributed by atoms with E-state index in [-0.39, 0.29) is 18.7 Å². The minimum absolute atomic E-state index is 0.0204. The Kier molecular flexibility index (Phi) is 6.97. The first kappa shape index (κ1) is 24.1. The maximum Gasteiger partial charge on any atom is 0.137 e. The number of fused-ring (bicyclic) bond motifs is 1. The quantitative estimate of drug-likeness (QED) is 0.368. The summed E-state index contributed by atoms with van der Waals surface area (Å²) in [5.41, 5.74) is -0.305. The second kappa shape index (κ2) is 10.1. The van der Waals surface area contributed by atoms with Gasteiger partial charge < -0.3 is 9.67 Å². The summed E-state index contributed by atoms with van der Waals surface area (Å²) in [4.78, 5) is 8.44. The van der Waals surface area contributed by atoms with Crippen molar-refractivity contribution in [3.8, 4) is 0 Å². The van der Waals surface area contributed by atoms with E-state index in [0.29, 0.717) is 0 Å². The normalized spacial score (nSPS) is 17.1. The van der Waals surface area contributed by atoms with Gasteiger partial charge in [-0.15, -0.1) is 0 Å². The van der Waals surface area contributed by atoms with Crippen LogP contribution in [-0.2, 0) is 18.7 Å². The Morgan fingerprint density at radius 2 is 1.74 bits per heavy atom. The third-order valence-corrected chi connectivity index (χ3v) is 7.16. The molecule has 1 fully saturated rings. The fourth-order valence-electron chi connectivity index (χ4n) is 4.83. The zero-order valence-corrected chi connectivity index (χ0v) is 20.8. The summed E-state index contributed by atoms with van der Waals surface area (Å²) in [6.07, 6.45) is 4.97. The molecule has 0 spiro atoms. The van der Waals surface area contributed by atoms with Crippen molar-refractivity contribution in [2.45, 2.75) is 18.7 Å². The maximum absolute atomic E-state index is 14.7. The Hall–Kier alpha value is -2.66. The number of aromatic nitrogens is 4. The molecule has 3 heterocycles. The molecule has 7 nitrogen and oxygen atoms in total. The van der Waals surface area contributed by atoms with Gasteiger partial charge in [-0.1, -0.05) is 22.0 Å². The zero-order valence-electron chi connectivity index (χ0n) is 19.2. The number of β-amino-alcohol motifs (C(OH)–C–C–N with tert-alkyl or cyclic N) is 1. The van der Waals surface area contributed by atoms with Crippen LogP contribution in [0.15, 0.2) is 65.8 Å². The molecular formula is C25H27BrF2N6O. The van der Waals surface area contributed by atoms with Crippen LogP contribution in [0, 0.1) is 11.6 Å². The monoisotopic (exact) mass is 544 g/mol. The van der Waals surface area contributed by atoms with Gasteiger partial charge in [0.2, 0.25) is 0 Å². The molecule has 1 aliphatic heterocycles. The topological polar surface area (TPSA) is 62.4 Å². The SMILES string of the molecule is O[C@](CN1CCN(CCn2ccc3cc(Br)ccc32)CC1)(Cn1cncn1)c1ccc(F)cc1F. The van der Waals surface area contributed by atoms with E-state index in [0.717, 1.165) is 49.8 Å². The minimum Gasteiger partial charge on any atom is -0.382 e. The zero-order chi connectivity index (χ0) is 24.4. The third kappa shape index (κ3) is 5.45. The molecule has 0 bridgehead atoms. The highest BCUT2D eigenvalue weighted by Crippen LogP contribution is 2.28. The van der Waals surface area contributed by atoms with E-state index in [2.05, 4.69) is 70.8 Å². The summed E-state index contributed by atoms with van der Waals surface area (Å²) in [5, 5.41) is 16.9. The number of rotatable bonds is 8. The van der Waals surface area contributed by atoms with Crippen LogP contribution in [0.3, 0.4) is 0 Å². The number of benzene rings is 2. The highest BCUT2D eigenvalue weighted by molar-refractivity contribution is 9.10. The predicted octanol–water partition coefficient (Wildman–Crippen LogP) is 3.48. The van der Waals surface area contributed by atoms with E-state index in [1.165, 1.54) is 40.4 Å². The molecular weight excluding hydrogens is 518 g/mol. The summed E-state index contributed by atoms with van der Waals surface area (Å²) in [6.45, 7) is 5.20. The molecule has 2 aromatic carbocycles. The number of piperazine rings is 1. The average molecular weight is 545 g/mol. The Bertz CT molecular complexity index is 1290. The van der Waals surface area contributed by atoms with Crippen LogP contribution >= 0.6 is 15.9 Å². The Balaban J connectivity index is 1.22. The highest BCUT2D eigenvalue weighted by Gasteiger charge is 2.36. The van der Waals surface area contributed by atoms with Crippen molar-refractivity contribution in [3.63, 3.8) is 0 Å². The fourth-order valence-corrected chi connectivity index (χ4v) is 5.20. The van der Waals surface area contributed by atoms with Crippen molar-refractivity contribution in [2.75, 3.05) is 39.3 Å². The van der Waals surface area contributed by atoms with Gasteiger partial charge in [-0.05, 0) is 30.3 Å². The molecule has 0 amide bonds. The standard InChI is InChI=1S/C25H27BrF2N6O/c26-20-1-4-24-19(13-20)5-6-33(24)12-11-31-7-9-32(10-8-31)15-25(35,16-34-18-29-17-30-34)22-3-2-21(27)14-23(22)28/h1-6,13-14,17-18,35H,7-12,15-16H2/t25-/m1/s1. The van der Waals surface area contributed by atoms with E-state index in [4.69, 9.17) is 0 Å². The third-order valence-electron chi connectivity index (χ3n) is 6.66. The van der Waals surface area contributed by atoms with Crippen molar-refractivity contribution in [1.29, 1.82) is 0 Å². The second-order valence-electron chi connectivity index (χ2n) is 9.08. The minimum atomic E-state index is -1.58. The number of aliphatic hydroxyl groups is 1. The number of hydrogen-bond acceptors (Lipinski definition) is 5. The molecule has 0 aliphatic carbocycles. The van der Waals surface area contributed by atoms with Crippen molar-refractivity contribution in [1.82, 2.24) is 29.1 Å². The van der Waals surface area contributed by atoms with E-state index in [1.807, 2.05) is 0 Å². The van der Waals surface area contributed by atoms with Gasteiger partial charge in [0.1, 0.15) is 29.9 Å². The van der Waals surface area contributed by atoms with Gasteiger partial charge in [-0.3, -0.25) is 9.80 Å². The summed E-state index contributed by atoms with van der Waals surface area (Å²) in [6, 6.07) is 11.7. The molecule has 184 valence electrons. The molecule has 1 atom stereocenters.